The van der Waals surface area contributed by atoms with Gasteiger partial charge >= 0.3 is 5.97 Å². The molecule has 0 aliphatic heterocycles. The molecule has 1 N–H and O–H groups in total. The van der Waals surface area contributed by atoms with Crippen molar-refractivity contribution in [1.29, 1.82) is 0 Å². The Morgan fingerprint density at radius 3 is 2.95 bits per heavy atom. The molecule has 1 atom stereocenters. The molecule has 1 aromatic rings. The summed E-state index contributed by atoms with van der Waals surface area (Å²) in [4.78, 5) is 24.8. The lowest BCUT2D eigenvalue weighted by atomic mass is 10.1. The molecule has 0 bridgehead atoms. The summed E-state index contributed by atoms with van der Waals surface area (Å²) in [5.74, 6) is -0.107. The first-order valence-corrected chi connectivity index (χ1v) is 7.66. The molecule has 0 saturated heterocycles. The van der Waals surface area contributed by atoms with Gasteiger partial charge in [-0.25, -0.2) is 4.79 Å². The summed E-state index contributed by atoms with van der Waals surface area (Å²) >= 11 is 1.40. The van der Waals surface area contributed by atoms with Gasteiger partial charge in [-0.1, -0.05) is 12.2 Å². The van der Waals surface area contributed by atoms with Gasteiger partial charge in [-0.2, -0.15) is 0 Å². The third kappa shape index (κ3) is 3.70. The number of hydrogen-bond acceptors (Lipinski definition) is 4. The molecule has 1 aromatic heterocycles. The second-order valence-electron chi connectivity index (χ2n) is 4.84. The Hall–Kier alpha value is -1.62. The quantitative estimate of drug-likeness (QED) is 0.667. The van der Waals surface area contributed by atoms with Crippen molar-refractivity contribution < 1.29 is 14.3 Å². The van der Waals surface area contributed by atoms with Crippen molar-refractivity contribution in [3.63, 3.8) is 0 Å². The first kappa shape index (κ1) is 14.8. The molecule has 2 rings (SSSR count). The molecule has 1 aliphatic rings. The van der Waals surface area contributed by atoms with Gasteiger partial charge in [0.2, 0.25) is 5.91 Å². The fourth-order valence-electron chi connectivity index (χ4n) is 2.25. The molecule has 20 heavy (non-hydrogen) atoms. The summed E-state index contributed by atoms with van der Waals surface area (Å²) < 4.78 is 5.00. The van der Waals surface area contributed by atoms with Crippen molar-refractivity contribution in [3.8, 4) is 0 Å². The largest absolute Gasteiger partial charge is 0.462 e. The molecule has 0 fully saturated rings. The molecule has 1 unspecified atom stereocenters. The maximum atomic E-state index is 12.0. The van der Waals surface area contributed by atoms with Gasteiger partial charge in [-0.15, -0.1) is 11.3 Å². The zero-order valence-electron chi connectivity index (χ0n) is 11.8. The monoisotopic (exact) mass is 293 g/mol. The molecule has 1 aliphatic carbocycles. The first-order chi connectivity index (χ1) is 9.60. The minimum Gasteiger partial charge on any atom is -0.462 e. The van der Waals surface area contributed by atoms with E-state index >= 15 is 0 Å². The predicted octanol–water partition coefficient (Wildman–Crippen LogP) is 3.53. The van der Waals surface area contributed by atoms with Gasteiger partial charge in [0, 0.05) is 11.3 Å². The molecule has 0 spiro atoms. The molecular weight excluding hydrogens is 274 g/mol. The molecular formula is C15H19NO3S. The van der Waals surface area contributed by atoms with Crippen LogP contribution in [0.5, 0.6) is 0 Å². The number of rotatable bonds is 5. The Balaban J connectivity index is 2.02. The standard InChI is InChI=1S/C15H19NO3S/c1-3-19-15(18)12-8-10(2)20-14(12)16-13(17)9-11-6-4-5-7-11/h4,6,8,11H,3,5,7,9H2,1-2H3,(H,16,17). The second kappa shape index (κ2) is 6.70. The number of carbonyl (C=O) groups excluding carboxylic acids is 2. The number of carbonyl (C=O) groups is 2. The Morgan fingerprint density at radius 2 is 2.30 bits per heavy atom. The van der Waals surface area contributed by atoms with Crippen LogP contribution in [0.3, 0.4) is 0 Å². The van der Waals surface area contributed by atoms with Crippen LogP contribution >= 0.6 is 11.3 Å². The van der Waals surface area contributed by atoms with Gasteiger partial charge in [0.15, 0.2) is 0 Å². The highest BCUT2D eigenvalue weighted by Crippen LogP contribution is 2.29. The van der Waals surface area contributed by atoms with E-state index in [0.29, 0.717) is 29.5 Å². The van der Waals surface area contributed by atoms with Crippen molar-refractivity contribution in [2.75, 3.05) is 11.9 Å². The Bertz CT molecular complexity index is 533. The van der Waals surface area contributed by atoms with E-state index in [1.165, 1.54) is 11.3 Å². The van der Waals surface area contributed by atoms with E-state index in [-0.39, 0.29) is 11.9 Å². The van der Waals surface area contributed by atoms with E-state index in [4.69, 9.17) is 4.74 Å². The average molecular weight is 293 g/mol. The van der Waals surface area contributed by atoms with E-state index in [1.807, 2.05) is 6.92 Å². The van der Waals surface area contributed by atoms with Gasteiger partial charge in [-0.3, -0.25) is 4.79 Å². The number of allylic oxidation sites excluding steroid dienone is 2. The van der Waals surface area contributed by atoms with Crippen molar-refractivity contribution in [3.05, 3.63) is 28.7 Å². The topological polar surface area (TPSA) is 55.4 Å². The zero-order chi connectivity index (χ0) is 14.5. The number of nitrogens with one attached hydrogen (secondary N) is 1. The number of thiophene rings is 1. The molecule has 0 aromatic carbocycles. The van der Waals surface area contributed by atoms with Crippen molar-refractivity contribution in [2.45, 2.75) is 33.1 Å². The summed E-state index contributed by atoms with van der Waals surface area (Å²) in [7, 11) is 0. The van der Waals surface area contributed by atoms with Crippen LogP contribution in [0.15, 0.2) is 18.2 Å². The number of hydrogen-bond donors (Lipinski definition) is 1. The summed E-state index contributed by atoms with van der Waals surface area (Å²) in [5.41, 5.74) is 0.449. The Morgan fingerprint density at radius 1 is 1.50 bits per heavy atom. The van der Waals surface area contributed by atoms with Gasteiger partial charge < -0.3 is 10.1 Å². The molecule has 0 radical (unpaired) electrons. The highest BCUT2D eigenvalue weighted by atomic mass is 32.1. The Kier molecular flexibility index (Phi) is 4.95. The second-order valence-corrected chi connectivity index (χ2v) is 6.09. The summed E-state index contributed by atoms with van der Waals surface area (Å²) in [6.45, 7) is 4.00. The third-order valence-electron chi connectivity index (χ3n) is 3.16. The van der Waals surface area contributed by atoms with Crippen molar-refractivity contribution in [1.82, 2.24) is 0 Å². The third-order valence-corrected chi connectivity index (χ3v) is 4.13. The van der Waals surface area contributed by atoms with Crippen LogP contribution in [0.2, 0.25) is 0 Å². The van der Waals surface area contributed by atoms with Crippen molar-refractivity contribution in [2.24, 2.45) is 5.92 Å². The molecule has 4 nitrogen and oxygen atoms in total. The molecule has 0 saturated carbocycles. The fraction of sp³-hybridized carbons (Fsp3) is 0.467. The number of amides is 1. The van der Waals surface area contributed by atoms with E-state index in [2.05, 4.69) is 17.5 Å². The normalized spacial score (nSPS) is 17.2. The highest BCUT2D eigenvalue weighted by molar-refractivity contribution is 7.16. The van der Waals surface area contributed by atoms with Crippen LogP contribution in [0.1, 0.15) is 41.4 Å². The number of ether oxygens (including phenoxy) is 1. The Labute approximate surface area is 122 Å². The fourth-order valence-corrected chi connectivity index (χ4v) is 3.16. The summed E-state index contributed by atoms with van der Waals surface area (Å²) in [6, 6.07) is 1.76. The van der Waals surface area contributed by atoms with Gasteiger partial charge in [0.05, 0.1) is 12.2 Å². The van der Waals surface area contributed by atoms with E-state index in [9.17, 15) is 9.59 Å². The van der Waals surface area contributed by atoms with Crippen LogP contribution in [-0.4, -0.2) is 18.5 Å². The SMILES string of the molecule is CCOC(=O)c1cc(C)sc1NC(=O)CC1C=CCC1. The predicted molar refractivity (Wildman–Crippen MR) is 80.1 cm³/mol. The minimum absolute atomic E-state index is 0.0473. The maximum Gasteiger partial charge on any atom is 0.341 e. The average Bonchev–Trinajstić information content (AvgIpc) is 2.99. The van der Waals surface area contributed by atoms with E-state index in [1.54, 1.807) is 13.0 Å². The number of anilines is 1. The number of aryl methyl sites for hydroxylation is 1. The molecule has 5 heteroatoms. The smallest absolute Gasteiger partial charge is 0.341 e. The lowest BCUT2D eigenvalue weighted by Crippen LogP contribution is -2.16. The van der Waals surface area contributed by atoms with Crippen LogP contribution in [0, 0.1) is 12.8 Å². The first-order valence-electron chi connectivity index (χ1n) is 6.84. The molecule has 108 valence electrons. The lowest BCUT2D eigenvalue weighted by molar-refractivity contribution is -0.116. The van der Waals surface area contributed by atoms with E-state index < -0.39 is 0 Å². The molecule has 1 amide bonds. The summed E-state index contributed by atoms with van der Waals surface area (Å²) in [6.07, 6.45) is 6.74. The van der Waals surface area contributed by atoms with E-state index in [0.717, 1.165) is 17.7 Å². The number of esters is 1. The van der Waals surface area contributed by atoms with Crippen LogP contribution in [0.4, 0.5) is 5.00 Å². The van der Waals surface area contributed by atoms with Crippen LogP contribution in [-0.2, 0) is 9.53 Å². The van der Waals surface area contributed by atoms with Crippen LogP contribution < -0.4 is 5.32 Å². The van der Waals surface area contributed by atoms with Crippen molar-refractivity contribution >= 4 is 28.2 Å². The van der Waals surface area contributed by atoms with Crippen LogP contribution in [0.25, 0.3) is 0 Å². The highest BCUT2D eigenvalue weighted by Gasteiger charge is 2.19. The molecule has 1 heterocycles. The zero-order valence-corrected chi connectivity index (χ0v) is 12.6. The van der Waals surface area contributed by atoms with Gasteiger partial charge in [-0.05, 0) is 38.7 Å². The van der Waals surface area contributed by atoms with Gasteiger partial charge in [0.1, 0.15) is 5.00 Å². The van der Waals surface area contributed by atoms with Gasteiger partial charge in [0.25, 0.3) is 0 Å². The summed E-state index contributed by atoms with van der Waals surface area (Å²) in [5, 5.41) is 3.43. The lowest BCUT2D eigenvalue weighted by Gasteiger charge is -2.08. The minimum atomic E-state index is -0.382. The maximum absolute atomic E-state index is 12.0.